The van der Waals surface area contributed by atoms with Gasteiger partial charge in [0.25, 0.3) is 10.0 Å². The van der Waals surface area contributed by atoms with Crippen LogP contribution in [0, 0.1) is 13.8 Å². The van der Waals surface area contributed by atoms with Gasteiger partial charge in [0.05, 0.1) is 10.6 Å². The van der Waals surface area contributed by atoms with Crippen LogP contribution in [0.25, 0.3) is 0 Å². The lowest BCUT2D eigenvalue weighted by atomic mass is 10.1. The number of anilines is 1. The van der Waals surface area contributed by atoms with Crippen molar-refractivity contribution in [1.82, 2.24) is 0 Å². The molecule has 0 heterocycles. The van der Waals surface area contributed by atoms with Gasteiger partial charge in [0, 0.05) is 0 Å². The average Bonchev–Trinajstić information content (AvgIpc) is 2.89. The number of rotatable bonds is 3. The summed E-state index contributed by atoms with van der Waals surface area (Å²) in [5.74, 6) is 0. The monoisotopic (exact) mass is 301 g/mol. The van der Waals surface area contributed by atoms with Gasteiger partial charge in [-0.25, -0.2) is 8.42 Å². The van der Waals surface area contributed by atoms with Gasteiger partial charge in [0.1, 0.15) is 0 Å². The second-order valence-corrected chi connectivity index (χ2v) is 7.39. The Morgan fingerprint density at radius 2 is 1.71 bits per heavy atom. The van der Waals surface area contributed by atoms with E-state index in [1.165, 1.54) is 11.1 Å². The summed E-state index contributed by atoms with van der Waals surface area (Å²) in [5.41, 5.74) is 5.13. The van der Waals surface area contributed by atoms with Crippen molar-refractivity contribution in [3.63, 3.8) is 0 Å². The summed E-state index contributed by atoms with van der Waals surface area (Å²) in [6, 6.07) is 11.2. The normalized spacial score (nSPS) is 14.0. The van der Waals surface area contributed by atoms with Crippen molar-refractivity contribution < 1.29 is 8.42 Å². The minimum absolute atomic E-state index is 0.350. The number of benzene rings is 2. The van der Waals surface area contributed by atoms with Crippen LogP contribution in [-0.2, 0) is 22.9 Å². The summed E-state index contributed by atoms with van der Waals surface area (Å²) in [5, 5.41) is 0. The highest BCUT2D eigenvalue weighted by molar-refractivity contribution is 7.92. The van der Waals surface area contributed by atoms with Gasteiger partial charge < -0.3 is 0 Å². The Labute approximate surface area is 126 Å². The van der Waals surface area contributed by atoms with Gasteiger partial charge in [0.2, 0.25) is 0 Å². The number of fused-ring (bicyclic) bond motifs is 1. The van der Waals surface area contributed by atoms with Gasteiger partial charge in [-0.3, -0.25) is 4.72 Å². The fraction of sp³-hybridized carbons (Fsp3) is 0.294. The van der Waals surface area contributed by atoms with Gasteiger partial charge in [-0.05, 0) is 68.0 Å². The van der Waals surface area contributed by atoms with Gasteiger partial charge in [0.15, 0.2) is 0 Å². The lowest BCUT2D eigenvalue weighted by Gasteiger charge is -2.12. The molecule has 0 aromatic heterocycles. The molecule has 2 aromatic rings. The van der Waals surface area contributed by atoms with Crippen molar-refractivity contribution in [2.24, 2.45) is 0 Å². The Hall–Kier alpha value is -1.81. The third-order valence-electron chi connectivity index (χ3n) is 4.01. The van der Waals surface area contributed by atoms with E-state index in [0.29, 0.717) is 10.6 Å². The van der Waals surface area contributed by atoms with Crippen LogP contribution in [0.2, 0.25) is 0 Å². The first-order valence-electron chi connectivity index (χ1n) is 7.17. The number of hydrogen-bond donors (Lipinski definition) is 1. The Morgan fingerprint density at radius 1 is 0.952 bits per heavy atom. The topological polar surface area (TPSA) is 46.2 Å². The number of aryl methyl sites for hydroxylation is 4. The molecule has 21 heavy (non-hydrogen) atoms. The van der Waals surface area contributed by atoms with E-state index in [9.17, 15) is 8.42 Å². The minimum Gasteiger partial charge on any atom is -0.279 e. The molecule has 0 atom stereocenters. The maximum absolute atomic E-state index is 12.5. The zero-order valence-corrected chi connectivity index (χ0v) is 13.1. The van der Waals surface area contributed by atoms with E-state index >= 15 is 0 Å². The quantitative estimate of drug-likeness (QED) is 0.941. The van der Waals surface area contributed by atoms with Crippen LogP contribution >= 0.6 is 0 Å². The molecule has 0 saturated carbocycles. The average molecular weight is 301 g/mol. The van der Waals surface area contributed by atoms with Crippen molar-refractivity contribution in [3.8, 4) is 0 Å². The van der Waals surface area contributed by atoms with Gasteiger partial charge >= 0.3 is 0 Å². The van der Waals surface area contributed by atoms with E-state index in [1.54, 1.807) is 6.07 Å². The smallest absolute Gasteiger partial charge is 0.261 e. The molecule has 0 amide bonds. The van der Waals surface area contributed by atoms with Crippen molar-refractivity contribution >= 4 is 15.7 Å². The first-order chi connectivity index (χ1) is 9.95. The van der Waals surface area contributed by atoms with Crippen molar-refractivity contribution in [1.29, 1.82) is 0 Å². The molecule has 0 unspecified atom stereocenters. The largest absolute Gasteiger partial charge is 0.279 e. The molecule has 0 radical (unpaired) electrons. The second-order valence-electron chi connectivity index (χ2n) is 5.71. The zero-order valence-electron chi connectivity index (χ0n) is 12.3. The van der Waals surface area contributed by atoms with E-state index in [2.05, 4.69) is 4.72 Å². The summed E-state index contributed by atoms with van der Waals surface area (Å²) in [6.45, 7) is 3.90. The van der Waals surface area contributed by atoms with Crippen molar-refractivity contribution in [2.75, 3.05) is 4.72 Å². The maximum atomic E-state index is 12.5. The predicted molar refractivity (Wildman–Crippen MR) is 85.2 cm³/mol. The first kappa shape index (κ1) is 14.1. The maximum Gasteiger partial charge on any atom is 0.261 e. The second kappa shape index (κ2) is 5.19. The van der Waals surface area contributed by atoms with E-state index in [0.717, 1.165) is 30.4 Å². The number of sulfonamides is 1. The van der Waals surface area contributed by atoms with Crippen LogP contribution in [0.3, 0.4) is 0 Å². The SMILES string of the molecule is Cc1ccc(NS(=O)(=O)c2ccc3c(c2)CCC3)c(C)c1. The van der Waals surface area contributed by atoms with Crippen LogP contribution in [-0.4, -0.2) is 8.42 Å². The molecular formula is C17H19NO2S. The molecule has 2 aromatic carbocycles. The van der Waals surface area contributed by atoms with E-state index in [1.807, 2.05) is 44.2 Å². The molecule has 0 aliphatic heterocycles. The Morgan fingerprint density at radius 3 is 2.48 bits per heavy atom. The Balaban J connectivity index is 1.93. The Kier molecular flexibility index (Phi) is 3.49. The van der Waals surface area contributed by atoms with Crippen LogP contribution < -0.4 is 4.72 Å². The zero-order chi connectivity index (χ0) is 15.0. The molecule has 0 spiro atoms. The van der Waals surface area contributed by atoms with Crippen molar-refractivity contribution in [3.05, 3.63) is 58.7 Å². The van der Waals surface area contributed by atoms with Crippen molar-refractivity contribution in [2.45, 2.75) is 38.0 Å². The summed E-state index contributed by atoms with van der Waals surface area (Å²) in [7, 11) is -3.52. The molecular weight excluding hydrogens is 282 g/mol. The number of nitrogens with one attached hydrogen (secondary N) is 1. The molecule has 0 fully saturated rings. The molecule has 3 nitrogen and oxygen atoms in total. The molecule has 1 aliphatic carbocycles. The van der Waals surface area contributed by atoms with E-state index < -0.39 is 10.0 Å². The summed E-state index contributed by atoms with van der Waals surface area (Å²) in [6.07, 6.45) is 3.14. The molecule has 3 rings (SSSR count). The van der Waals surface area contributed by atoms with Gasteiger partial charge in [-0.15, -0.1) is 0 Å². The highest BCUT2D eigenvalue weighted by atomic mass is 32.2. The van der Waals surface area contributed by atoms with Gasteiger partial charge in [-0.2, -0.15) is 0 Å². The Bertz CT molecular complexity index is 794. The predicted octanol–water partition coefficient (Wildman–Crippen LogP) is 3.59. The molecule has 0 bridgehead atoms. The third kappa shape index (κ3) is 2.81. The highest BCUT2D eigenvalue weighted by Gasteiger charge is 2.19. The van der Waals surface area contributed by atoms with Gasteiger partial charge in [-0.1, -0.05) is 23.8 Å². The summed E-state index contributed by atoms with van der Waals surface area (Å²) >= 11 is 0. The molecule has 1 N–H and O–H groups in total. The third-order valence-corrected chi connectivity index (χ3v) is 5.37. The van der Waals surface area contributed by atoms with Crippen LogP contribution in [0.15, 0.2) is 41.3 Å². The first-order valence-corrected chi connectivity index (χ1v) is 8.66. The summed E-state index contributed by atoms with van der Waals surface area (Å²) < 4.78 is 27.7. The molecule has 110 valence electrons. The van der Waals surface area contributed by atoms with E-state index in [-0.39, 0.29) is 0 Å². The summed E-state index contributed by atoms with van der Waals surface area (Å²) in [4.78, 5) is 0.350. The lowest BCUT2D eigenvalue weighted by molar-refractivity contribution is 0.601. The fourth-order valence-electron chi connectivity index (χ4n) is 2.85. The van der Waals surface area contributed by atoms with Crippen LogP contribution in [0.5, 0.6) is 0 Å². The number of hydrogen-bond acceptors (Lipinski definition) is 2. The standard InChI is InChI=1S/C17H19NO2S/c1-12-6-9-17(13(2)10-12)18-21(19,20)16-8-7-14-4-3-5-15(14)11-16/h6-11,18H,3-5H2,1-2H3. The highest BCUT2D eigenvalue weighted by Crippen LogP contribution is 2.26. The molecule has 0 saturated heterocycles. The fourth-order valence-corrected chi connectivity index (χ4v) is 4.03. The molecule has 1 aliphatic rings. The van der Waals surface area contributed by atoms with E-state index in [4.69, 9.17) is 0 Å². The molecule has 4 heteroatoms. The lowest BCUT2D eigenvalue weighted by Crippen LogP contribution is -2.14. The minimum atomic E-state index is -3.52. The van der Waals surface area contributed by atoms with Crippen LogP contribution in [0.4, 0.5) is 5.69 Å². The van der Waals surface area contributed by atoms with Crippen LogP contribution in [0.1, 0.15) is 28.7 Å².